The Morgan fingerprint density at radius 1 is 1.42 bits per heavy atom. The first-order valence-electron chi connectivity index (χ1n) is 7.16. The maximum Gasteiger partial charge on any atom is 0.0390 e. The van der Waals surface area contributed by atoms with Gasteiger partial charge in [-0.05, 0) is 44.7 Å². The highest BCUT2D eigenvalue weighted by molar-refractivity contribution is 5.57. The van der Waals surface area contributed by atoms with Crippen LogP contribution in [0.5, 0.6) is 0 Å². The Morgan fingerprint density at radius 2 is 2.16 bits per heavy atom. The third kappa shape index (κ3) is 3.09. The molecule has 1 nitrogen and oxygen atoms in total. The van der Waals surface area contributed by atoms with Gasteiger partial charge in [0.15, 0.2) is 0 Å². The van der Waals surface area contributed by atoms with Gasteiger partial charge in [0.1, 0.15) is 0 Å². The van der Waals surface area contributed by atoms with Gasteiger partial charge in [-0.15, -0.1) is 6.58 Å². The number of nitrogens with one attached hydrogen (secondary N) is 1. The van der Waals surface area contributed by atoms with Crippen molar-refractivity contribution in [1.29, 1.82) is 0 Å². The first kappa shape index (κ1) is 13.9. The summed E-state index contributed by atoms with van der Waals surface area (Å²) in [5.41, 5.74) is 4.27. The zero-order valence-corrected chi connectivity index (χ0v) is 12.4. The largest absolute Gasteiger partial charge is 0.381 e. The molecule has 0 unspecified atom stereocenters. The molecule has 0 saturated heterocycles. The molecule has 0 fully saturated rings. The summed E-state index contributed by atoms with van der Waals surface area (Å²) in [5.74, 6) is 0. The molecule has 0 bridgehead atoms. The molecule has 0 amide bonds. The lowest BCUT2D eigenvalue weighted by atomic mass is 9.77. The minimum Gasteiger partial charge on any atom is -0.381 e. The molecule has 1 aliphatic rings. The average Bonchev–Trinajstić information content (AvgIpc) is 2.82. The number of hydrogen-bond acceptors (Lipinski definition) is 1. The van der Waals surface area contributed by atoms with Crippen LogP contribution in [0.4, 0.5) is 5.69 Å². The molecule has 1 aromatic rings. The van der Waals surface area contributed by atoms with Gasteiger partial charge in [-0.3, -0.25) is 0 Å². The van der Waals surface area contributed by atoms with Crippen LogP contribution in [0.2, 0.25) is 0 Å². The van der Waals surface area contributed by atoms with E-state index in [0.717, 1.165) is 19.3 Å². The summed E-state index contributed by atoms with van der Waals surface area (Å²) in [4.78, 5) is 0. The number of para-hydroxylation sites is 1. The molecular formula is C18H25N. The van der Waals surface area contributed by atoms with Gasteiger partial charge in [-0.2, -0.15) is 0 Å². The van der Waals surface area contributed by atoms with Crippen molar-refractivity contribution in [2.24, 2.45) is 5.41 Å². The van der Waals surface area contributed by atoms with Crippen LogP contribution < -0.4 is 5.32 Å². The fourth-order valence-electron chi connectivity index (χ4n) is 2.79. The Kier molecular flexibility index (Phi) is 4.14. The number of rotatable bonds is 5. The molecule has 19 heavy (non-hydrogen) atoms. The summed E-state index contributed by atoms with van der Waals surface area (Å²) < 4.78 is 0. The molecule has 1 aromatic carbocycles. The fraction of sp³-hybridized carbons (Fsp3) is 0.444. The standard InChI is InChI=1S/C18H25N/c1-5-18(4,12-8-9-14(2)3)17-13-15-10-6-7-11-16(15)19-17/h5-7,9-11,17,19H,1,8,12-13H2,2-4H3/t17-,18-/m0/s1. The summed E-state index contributed by atoms with van der Waals surface area (Å²) in [6, 6.07) is 9.09. The Bertz CT molecular complexity index is 457. The maximum absolute atomic E-state index is 4.08. The molecule has 2 rings (SSSR count). The minimum absolute atomic E-state index is 0.144. The summed E-state index contributed by atoms with van der Waals surface area (Å²) in [6.45, 7) is 10.7. The SMILES string of the molecule is C=C[C@@](C)(CCC=C(C)C)[C@@H]1Cc2ccccc2N1. The van der Waals surface area contributed by atoms with Gasteiger partial charge in [0, 0.05) is 17.1 Å². The van der Waals surface area contributed by atoms with Crippen molar-refractivity contribution in [3.63, 3.8) is 0 Å². The van der Waals surface area contributed by atoms with Crippen LogP contribution in [0, 0.1) is 5.41 Å². The minimum atomic E-state index is 0.144. The number of benzene rings is 1. The molecular weight excluding hydrogens is 230 g/mol. The van der Waals surface area contributed by atoms with Crippen molar-refractivity contribution >= 4 is 5.69 Å². The van der Waals surface area contributed by atoms with Crippen LogP contribution in [-0.2, 0) is 6.42 Å². The number of hydrogen-bond donors (Lipinski definition) is 1. The van der Waals surface area contributed by atoms with Crippen LogP contribution in [0.3, 0.4) is 0 Å². The van der Waals surface area contributed by atoms with Gasteiger partial charge in [-0.1, -0.05) is 42.8 Å². The van der Waals surface area contributed by atoms with Gasteiger partial charge < -0.3 is 5.32 Å². The van der Waals surface area contributed by atoms with E-state index in [1.807, 2.05) is 0 Å². The second-order valence-corrected chi connectivity index (χ2v) is 6.09. The zero-order valence-electron chi connectivity index (χ0n) is 12.4. The van der Waals surface area contributed by atoms with Crippen LogP contribution in [0.1, 0.15) is 39.2 Å². The summed E-state index contributed by atoms with van der Waals surface area (Å²) in [5, 5.41) is 3.67. The number of anilines is 1. The Hall–Kier alpha value is -1.50. The van der Waals surface area contributed by atoms with Crippen LogP contribution in [0.15, 0.2) is 48.6 Å². The number of allylic oxidation sites excluding steroid dienone is 2. The molecule has 1 aliphatic heterocycles. The Balaban J connectivity index is 2.07. The molecule has 1 heteroatoms. The molecule has 102 valence electrons. The quantitative estimate of drug-likeness (QED) is 0.733. The van der Waals surface area contributed by atoms with E-state index in [4.69, 9.17) is 0 Å². The van der Waals surface area contributed by atoms with Gasteiger partial charge in [0.2, 0.25) is 0 Å². The Labute approximate surface area is 117 Å². The Morgan fingerprint density at radius 3 is 2.79 bits per heavy atom. The second-order valence-electron chi connectivity index (χ2n) is 6.09. The molecule has 0 aliphatic carbocycles. The lowest BCUT2D eigenvalue weighted by Gasteiger charge is -2.33. The maximum atomic E-state index is 4.08. The molecule has 0 radical (unpaired) electrons. The van der Waals surface area contributed by atoms with Crippen molar-refractivity contribution in [3.05, 3.63) is 54.1 Å². The zero-order chi connectivity index (χ0) is 13.9. The van der Waals surface area contributed by atoms with E-state index < -0.39 is 0 Å². The average molecular weight is 255 g/mol. The predicted molar refractivity (Wildman–Crippen MR) is 84.5 cm³/mol. The highest BCUT2D eigenvalue weighted by Crippen LogP contribution is 2.38. The van der Waals surface area contributed by atoms with E-state index in [-0.39, 0.29) is 5.41 Å². The first-order valence-corrected chi connectivity index (χ1v) is 7.16. The molecule has 0 saturated carbocycles. The lowest BCUT2D eigenvalue weighted by molar-refractivity contribution is 0.336. The highest BCUT2D eigenvalue weighted by atomic mass is 15.0. The molecule has 1 N–H and O–H groups in total. The first-order chi connectivity index (χ1) is 9.05. The smallest absolute Gasteiger partial charge is 0.0390 e. The number of fused-ring (bicyclic) bond motifs is 1. The van der Waals surface area contributed by atoms with E-state index in [2.05, 4.69) is 69.1 Å². The molecule has 0 aromatic heterocycles. The lowest BCUT2D eigenvalue weighted by Crippen LogP contribution is -2.35. The second kappa shape index (κ2) is 5.64. The van der Waals surface area contributed by atoms with Crippen molar-refractivity contribution in [2.45, 2.75) is 46.1 Å². The van der Waals surface area contributed by atoms with Crippen molar-refractivity contribution in [3.8, 4) is 0 Å². The van der Waals surface area contributed by atoms with Gasteiger partial charge >= 0.3 is 0 Å². The monoisotopic (exact) mass is 255 g/mol. The molecule has 1 heterocycles. The fourth-order valence-corrected chi connectivity index (χ4v) is 2.79. The van der Waals surface area contributed by atoms with Crippen molar-refractivity contribution < 1.29 is 0 Å². The van der Waals surface area contributed by atoms with E-state index in [9.17, 15) is 0 Å². The van der Waals surface area contributed by atoms with Gasteiger partial charge in [-0.25, -0.2) is 0 Å². The van der Waals surface area contributed by atoms with E-state index in [0.29, 0.717) is 6.04 Å². The van der Waals surface area contributed by atoms with E-state index >= 15 is 0 Å². The van der Waals surface area contributed by atoms with Crippen LogP contribution in [0.25, 0.3) is 0 Å². The third-order valence-electron chi connectivity index (χ3n) is 4.27. The predicted octanol–water partition coefficient (Wildman–Crippen LogP) is 4.96. The molecule has 2 atom stereocenters. The van der Waals surface area contributed by atoms with Crippen LogP contribution in [-0.4, -0.2) is 6.04 Å². The topological polar surface area (TPSA) is 12.0 Å². The third-order valence-corrected chi connectivity index (χ3v) is 4.27. The molecule has 0 spiro atoms. The van der Waals surface area contributed by atoms with Crippen molar-refractivity contribution in [2.75, 3.05) is 5.32 Å². The van der Waals surface area contributed by atoms with Gasteiger partial charge in [0.25, 0.3) is 0 Å². The van der Waals surface area contributed by atoms with Crippen molar-refractivity contribution in [1.82, 2.24) is 0 Å². The van der Waals surface area contributed by atoms with Gasteiger partial charge in [0.05, 0.1) is 0 Å². The normalized spacial score (nSPS) is 20.1. The summed E-state index contributed by atoms with van der Waals surface area (Å²) >= 11 is 0. The van der Waals surface area contributed by atoms with Crippen LogP contribution >= 0.6 is 0 Å². The summed E-state index contributed by atoms with van der Waals surface area (Å²) in [7, 11) is 0. The summed E-state index contributed by atoms with van der Waals surface area (Å²) in [6.07, 6.45) is 7.83. The van der Waals surface area contributed by atoms with E-state index in [1.54, 1.807) is 0 Å². The highest BCUT2D eigenvalue weighted by Gasteiger charge is 2.34. The van der Waals surface area contributed by atoms with E-state index in [1.165, 1.54) is 16.8 Å².